The highest BCUT2D eigenvalue weighted by Gasteiger charge is 2.29. The second-order valence-electron chi connectivity index (χ2n) is 6.08. The number of hydrogen-bond donors (Lipinski definition) is 0. The Balaban J connectivity index is 1.49. The highest BCUT2D eigenvalue weighted by atomic mass is 19.4. The summed E-state index contributed by atoms with van der Waals surface area (Å²) in [5.74, 6) is 0. The van der Waals surface area contributed by atoms with Crippen LogP contribution < -0.4 is 0 Å². The smallest absolute Gasteiger partial charge is 0.295 e. The van der Waals surface area contributed by atoms with E-state index in [2.05, 4.69) is 22.1 Å². The van der Waals surface area contributed by atoms with Crippen LogP contribution in [0.25, 0.3) is 0 Å². The largest absolute Gasteiger partial charge is 0.416 e. The predicted molar refractivity (Wildman–Crippen MR) is 92.3 cm³/mol. The first-order valence-electron chi connectivity index (χ1n) is 8.23. The summed E-state index contributed by atoms with van der Waals surface area (Å²) in [7, 11) is 0. The summed E-state index contributed by atoms with van der Waals surface area (Å²) in [5.41, 5.74) is 1.32. The van der Waals surface area contributed by atoms with Gasteiger partial charge in [0, 0.05) is 32.7 Å². The summed E-state index contributed by atoms with van der Waals surface area (Å²) in [5, 5.41) is 6.34. The van der Waals surface area contributed by atoms with Crippen LogP contribution in [0.1, 0.15) is 16.7 Å². The molecule has 0 unspecified atom stereocenters. The van der Waals surface area contributed by atoms with Gasteiger partial charge >= 0.3 is 6.18 Å². The summed E-state index contributed by atoms with van der Waals surface area (Å²) in [6.45, 7) is 4.38. The lowest BCUT2D eigenvalue weighted by Crippen LogP contribution is -2.43. The molecular formula is C19H20F3N3. The van der Waals surface area contributed by atoms with Crippen LogP contribution in [-0.2, 0) is 12.7 Å². The minimum atomic E-state index is -4.30. The third-order valence-electron chi connectivity index (χ3n) is 4.21. The fourth-order valence-electron chi connectivity index (χ4n) is 2.76. The number of nitrogens with zero attached hydrogens (tertiary/aromatic N) is 3. The molecule has 3 nitrogen and oxygen atoms in total. The lowest BCUT2D eigenvalue weighted by molar-refractivity contribution is -0.137. The van der Waals surface area contributed by atoms with E-state index in [1.54, 1.807) is 6.21 Å². The molecular weight excluding hydrogens is 327 g/mol. The molecule has 1 aliphatic heterocycles. The van der Waals surface area contributed by atoms with E-state index >= 15 is 0 Å². The lowest BCUT2D eigenvalue weighted by Gasteiger charge is -2.33. The molecule has 3 rings (SSSR count). The molecule has 1 fully saturated rings. The Morgan fingerprint density at radius 2 is 1.52 bits per heavy atom. The average Bonchev–Trinajstić information content (AvgIpc) is 2.62. The van der Waals surface area contributed by atoms with Gasteiger partial charge in [0.25, 0.3) is 0 Å². The van der Waals surface area contributed by atoms with Crippen LogP contribution in [0.15, 0.2) is 59.7 Å². The molecule has 0 radical (unpaired) electrons. The van der Waals surface area contributed by atoms with E-state index in [4.69, 9.17) is 0 Å². The number of benzene rings is 2. The summed E-state index contributed by atoms with van der Waals surface area (Å²) in [6, 6.07) is 15.4. The fourth-order valence-corrected chi connectivity index (χ4v) is 2.76. The third-order valence-corrected chi connectivity index (χ3v) is 4.21. The standard InChI is InChI=1S/C19H20F3N3/c20-19(21,22)18-8-6-16(7-9-18)14-23-25-12-10-24(11-13-25)15-17-4-2-1-3-5-17/h1-9,14H,10-13,15H2/b23-14+. The molecule has 2 aromatic carbocycles. The van der Waals surface area contributed by atoms with Crippen LogP contribution in [0.2, 0.25) is 0 Å². The number of halogens is 3. The fraction of sp³-hybridized carbons (Fsp3) is 0.316. The van der Waals surface area contributed by atoms with Gasteiger partial charge in [-0.1, -0.05) is 42.5 Å². The summed E-state index contributed by atoms with van der Waals surface area (Å²) in [6.07, 6.45) is -2.68. The van der Waals surface area contributed by atoms with E-state index in [0.29, 0.717) is 5.56 Å². The van der Waals surface area contributed by atoms with Gasteiger partial charge in [-0.05, 0) is 23.3 Å². The van der Waals surface area contributed by atoms with Crippen molar-refractivity contribution in [3.05, 3.63) is 71.3 Å². The van der Waals surface area contributed by atoms with E-state index in [9.17, 15) is 13.2 Å². The SMILES string of the molecule is FC(F)(F)c1ccc(/C=N/N2CCN(Cc3ccccc3)CC2)cc1. The molecule has 1 saturated heterocycles. The van der Waals surface area contributed by atoms with Crippen molar-refractivity contribution < 1.29 is 13.2 Å². The van der Waals surface area contributed by atoms with Crippen LogP contribution >= 0.6 is 0 Å². The normalized spacial score (nSPS) is 16.5. The quantitative estimate of drug-likeness (QED) is 0.782. The molecule has 0 atom stereocenters. The maximum atomic E-state index is 12.5. The molecule has 0 aromatic heterocycles. The van der Waals surface area contributed by atoms with Crippen molar-refractivity contribution in [3.63, 3.8) is 0 Å². The van der Waals surface area contributed by atoms with Crippen molar-refractivity contribution >= 4 is 6.21 Å². The molecule has 0 spiro atoms. The van der Waals surface area contributed by atoms with Crippen LogP contribution in [0.5, 0.6) is 0 Å². The summed E-state index contributed by atoms with van der Waals surface area (Å²) < 4.78 is 37.6. The first-order chi connectivity index (χ1) is 12.0. The van der Waals surface area contributed by atoms with Crippen molar-refractivity contribution in [3.8, 4) is 0 Å². The van der Waals surface area contributed by atoms with Gasteiger partial charge in [-0.2, -0.15) is 18.3 Å². The van der Waals surface area contributed by atoms with Crippen molar-refractivity contribution in [2.45, 2.75) is 12.7 Å². The first-order valence-corrected chi connectivity index (χ1v) is 8.23. The molecule has 0 amide bonds. The Morgan fingerprint density at radius 3 is 2.12 bits per heavy atom. The first kappa shape index (κ1) is 17.5. The Hall–Kier alpha value is -2.34. The van der Waals surface area contributed by atoms with Crippen LogP contribution in [0.4, 0.5) is 13.2 Å². The molecule has 132 valence electrons. The van der Waals surface area contributed by atoms with Crippen molar-refractivity contribution in [1.29, 1.82) is 0 Å². The number of alkyl halides is 3. The van der Waals surface area contributed by atoms with Gasteiger partial charge in [-0.15, -0.1) is 0 Å². The van der Waals surface area contributed by atoms with Gasteiger partial charge in [0.15, 0.2) is 0 Å². The Labute approximate surface area is 145 Å². The highest BCUT2D eigenvalue weighted by Crippen LogP contribution is 2.28. The summed E-state index contributed by atoms with van der Waals surface area (Å²) in [4.78, 5) is 2.37. The monoisotopic (exact) mass is 347 g/mol. The van der Waals surface area contributed by atoms with Gasteiger partial charge < -0.3 is 0 Å². The maximum Gasteiger partial charge on any atom is 0.416 e. The zero-order chi connectivity index (χ0) is 17.7. The second-order valence-corrected chi connectivity index (χ2v) is 6.08. The molecule has 1 aliphatic rings. The van der Waals surface area contributed by atoms with Crippen molar-refractivity contribution in [2.75, 3.05) is 26.2 Å². The molecule has 0 aliphatic carbocycles. The van der Waals surface area contributed by atoms with E-state index in [0.717, 1.165) is 44.9 Å². The molecule has 25 heavy (non-hydrogen) atoms. The van der Waals surface area contributed by atoms with Gasteiger partial charge in [-0.25, -0.2) is 0 Å². The van der Waals surface area contributed by atoms with E-state index in [1.807, 2.05) is 23.2 Å². The van der Waals surface area contributed by atoms with E-state index < -0.39 is 11.7 Å². The number of rotatable bonds is 4. The Morgan fingerprint density at radius 1 is 0.880 bits per heavy atom. The van der Waals surface area contributed by atoms with Gasteiger partial charge in [0.1, 0.15) is 0 Å². The zero-order valence-corrected chi connectivity index (χ0v) is 13.8. The van der Waals surface area contributed by atoms with E-state index in [-0.39, 0.29) is 0 Å². The maximum absolute atomic E-state index is 12.5. The average molecular weight is 347 g/mol. The second kappa shape index (κ2) is 7.70. The highest BCUT2D eigenvalue weighted by molar-refractivity contribution is 5.79. The van der Waals surface area contributed by atoms with E-state index in [1.165, 1.54) is 17.7 Å². The predicted octanol–water partition coefficient (Wildman–Crippen LogP) is 3.86. The molecule has 0 bridgehead atoms. The molecule has 0 saturated carbocycles. The van der Waals surface area contributed by atoms with Gasteiger partial charge in [0.2, 0.25) is 0 Å². The number of hydrogen-bond acceptors (Lipinski definition) is 3. The van der Waals surface area contributed by atoms with Crippen LogP contribution in [0, 0.1) is 0 Å². The van der Waals surface area contributed by atoms with Gasteiger partial charge in [0.05, 0.1) is 11.8 Å². The number of hydrazone groups is 1. The molecule has 1 heterocycles. The Kier molecular flexibility index (Phi) is 5.38. The Bertz CT molecular complexity index is 688. The lowest BCUT2D eigenvalue weighted by atomic mass is 10.1. The minimum Gasteiger partial charge on any atom is -0.295 e. The number of piperazine rings is 1. The van der Waals surface area contributed by atoms with Crippen molar-refractivity contribution in [1.82, 2.24) is 9.91 Å². The summed E-state index contributed by atoms with van der Waals surface area (Å²) >= 11 is 0. The molecule has 6 heteroatoms. The zero-order valence-electron chi connectivity index (χ0n) is 13.8. The van der Waals surface area contributed by atoms with Crippen LogP contribution in [-0.4, -0.2) is 42.3 Å². The van der Waals surface area contributed by atoms with Gasteiger partial charge in [-0.3, -0.25) is 9.91 Å². The van der Waals surface area contributed by atoms with Crippen LogP contribution in [0.3, 0.4) is 0 Å². The van der Waals surface area contributed by atoms with Crippen molar-refractivity contribution in [2.24, 2.45) is 5.10 Å². The topological polar surface area (TPSA) is 18.8 Å². The minimum absolute atomic E-state index is 0.640. The molecule has 2 aromatic rings. The third kappa shape index (κ3) is 5.06. The molecule has 0 N–H and O–H groups in total.